The van der Waals surface area contributed by atoms with Crippen molar-refractivity contribution >= 4 is 5.78 Å². The number of hydrogen-bond acceptors (Lipinski definition) is 4. The van der Waals surface area contributed by atoms with Crippen LogP contribution in [0.15, 0.2) is 54.6 Å². The van der Waals surface area contributed by atoms with E-state index in [-0.39, 0.29) is 11.2 Å². The van der Waals surface area contributed by atoms with Gasteiger partial charge >= 0.3 is 0 Å². The van der Waals surface area contributed by atoms with Crippen molar-refractivity contribution < 1.29 is 14.3 Å². The first-order valence-electron chi connectivity index (χ1n) is 9.06. The van der Waals surface area contributed by atoms with Crippen molar-refractivity contribution in [2.45, 2.75) is 31.0 Å². The summed E-state index contributed by atoms with van der Waals surface area (Å²) in [5, 5.41) is 3.60. The maximum absolute atomic E-state index is 11.8. The van der Waals surface area contributed by atoms with Gasteiger partial charge in [-0.15, -0.1) is 0 Å². The molecule has 0 bridgehead atoms. The summed E-state index contributed by atoms with van der Waals surface area (Å²) >= 11 is 0. The SMILES string of the molecule is COc1cc2c(cc1OCc1ccccc1)CNC1[C@H]3CC(=O)C=C[C@@]213. The number of hydrogen-bond donors (Lipinski definition) is 1. The predicted octanol–water partition coefficient (Wildman–Crippen LogP) is 3.14. The van der Waals surface area contributed by atoms with Crippen LogP contribution in [0.2, 0.25) is 0 Å². The van der Waals surface area contributed by atoms with Gasteiger partial charge in [0.05, 0.1) is 7.11 Å². The Balaban J connectivity index is 1.49. The molecule has 132 valence electrons. The molecule has 1 saturated carbocycles. The molecule has 1 heterocycles. The minimum absolute atomic E-state index is 0.0489. The van der Waals surface area contributed by atoms with Gasteiger partial charge in [-0.2, -0.15) is 0 Å². The highest BCUT2D eigenvalue weighted by Crippen LogP contribution is 2.62. The molecule has 4 nitrogen and oxygen atoms in total. The molecule has 0 amide bonds. The van der Waals surface area contributed by atoms with E-state index in [1.165, 1.54) is 11.1 Å². The van der Waals surface area contributed by atoms with Gasteiger partial charge < -0.3 is 14.8 Å². The van der Waals surface area contributed by atoms with Gasteiger partial charge in [0.1, 0.15) is 6.61 Å². The predicted molar refractivity (Wildman–Crippen MR) is 98.3 cm³/mol. The fourth-order valence-electron chi connectivity index (χ4n) is 4.66. The van der Waals surface area contributed by atoms with Crippen molar-refractivity contribution in [3.8, 4) is 11.5 Å². The molecular weight excluding hydrogens is 326 g/mol. The summed E-state index contributed by atoms with van der Waals surface area (Å²) in [4.78, 5) is 11.8. The molecule has 1 unspecified atom stereocenters. The number of ketones is 1. The van der Waals surface area contributed by atoms with E-state index >= 15 is 0 Å². The second kappa shape index (κ2) is 5.71. The summed E-state index contributed by atoms with van der Waals surface area (Å²) in [7, 11) is 1.68. The minimum atomic E-state index is -0.0489. The summed E-state index contributed by atoms with van der Waals surface area (Å²) in [6, 6.07) is 14.7. The molecule has 3 atom stereocenters. The minimum Gasteiger partial charge on any atom is -0.493 e. The molecule has 1 fully saturated rings. The summed E-state index contributed by atoms with van der Waals surface area (Å²) < 4.78 is 11.7. The monoisotopic (exact) mass is 347 g/mol. The van der Waals surface area contributed by atoms with Crippen LogP contribution in [-0.2, 0) is 23.4 Å². The Morgan fingerprint density at radius 2 is 2.04 bits per heavy atom. The van der Waals surface area contributed by atoms with Crippen molar-refractivity contribution in [1.29, 1.82) is 0 Å². The van der Waals surface area contributed by atoms with Crippen LogP contribution >= 0.6 is 0 Å². The molecule has 2 aromatic carbocycles. The number of carbonyl (C=O) groups excluding carboxylic acids is 1. The lowest BCUT2D eigenvalue weighted by Gasteiger charge is -2.26. The van der Waals surface area contributed by atoms with Gasteiger partial charge in [0.2, 0.25) is 0 Å². The Morgan fingerprint density at radius 3 is 2.85 bits per heavy atom. The first-order valence-corrected chi connectivity index (χ1v) is 9.06. The Hall–Kier alpha value is -2.59. The van der Waals surface area contributed by atoms with Crippen molar-refractivity contribution in [3.05, 3.63) is 71.3 Å². The van der Waals surface area contributed by atoms with Crippen LogP contribution < -0.4 is 14.8 Å². The van der Waals surface area contributed by atoms with E-state index < -0.39 is 0 Å². The van der Waals surface area contributed by atoms with E-state index in [1.54, 1.807) is 13.2 Å². The van der Waals surface area contributed by atoms with Crippen molar-refractivity contribution in [2.75, 3.05) is 7.11 Å². The van der Waals surface area contributed by atoms with Crippen molar-refractivity contribution in [1.82, 2.24) is 5.32 Å². The molecule has 0 saturated heterocycles. The number of nitrogens with one attached hydrogen (secondary N) is 1. The quantitative estimate of drug-likeness (QED) is 0.923. The van der Waals surface area contributed by atoms with E-state index in [9.17, 15) is 4.79 Å². The second-order valence-electron chi connectivity index (χ2n) is 7.34. The number of methoxy groups -OCH3 is 1. The fourth-order valence-corrected chi connectivity index (χ4v) is 4.66. The number of carbonyl (C=O) groups is 1. The first-order chi connectivity index (χ1) is 12.7. The highest BCUT2D eigenvalue weighted by Gasteiger charge is 2.67. The van der Waals surface area contributed by atoms with Gasteiger partial charge in [-0.3, -0.25) is 4.79 Å². The number of allylic oxidation sites excluding steroid dienone is 1. The zero-order chi connectivity index (χ0) is 17.7. The van der Waals surface area contributed by atoms with Crippen LogP contribution in [0.1, 0.15) is 23.1 Å². The Bertz CT molecular complexity index is 905. The van der Waals surface area contributed by atoms with Crippen LogP contribution in [0.4, 0.5) is 0 Å². The van der Waals surface area contributed by atoms with E-state index in [0.717, 1.165) is 23.6 Å². The normalized spacial score (nSPS) is 28.0. The molecule has 2 aliphatic carbocycles. The largest absolute Gasteiger partial charge is 0.493 e. The Kier molecular flexibility index (Phi) is 3.44. The maximum atomic E-state index is 11.8. The standard InChI is InChI=1S/C22H21NO3/c1-25-19-11-17-15(9-20(19)26-13-14-5-3-2-4-6-14)12-23-21-18-10-16(24)7-8-22(17,18)21/h2-9,11,18,21,23H,10,12-13H2,1H3/t18-,21?,22+/m1/s1. The van der Waals surface area contributed by atoms with Crippen molar-refractivity contribution in [3.63, 3.8) is 0 Å². The molecule has 4 heteroatoms. The number of benzene rings is 2. The molecule has 0 radical (unpaired) electrons. The zero-order valence-corrected chi connectivity index (χ0v) is 14.7. The number of rotatable bonds is 4. The Labute approximate surface area is 152 Å². The molecule has 2 aromatic rings. The van der Waals surface area contributed by atoms with Crippen molar-refractivity contribution in [2.24, 2.45) is 5.92 Å². The molecule has 3 aliphatic rings. The zero-order valence-electron chi connectivity index (χ0n) is 14.7. The van der Waals surface area contributed by atoms with Crippen LogP contribution in [0.25, 0.3) is 0 Å². The second-order valence-corrected chi connectivity index (χ2v) is 7.34. The summed E-state index contributed by atoms with van der Waals surface area (Å²) in [6.45, 7) is 1.31. The smallest absolute Gasteiger partial charge is 0.162 e. The number of fused-ring (bicyclic) bond motifs is 2. The third-order valence-corrected chi connectivity index (χ3v) is 5.99. The lowest BCUT2D eigenvalue weighted by atomic mass is 9.83. The number of ether oxygens (including phenoxy) is 2. The van der Waals surface area contributed by atoms with Gasteiger partial charge in [0.15, 0.2) is 17.3 Å². The van der Waals surface area contributed by atoms with Gasteiger partial charge in [-0.05, 0) is 40.8 Å². The highest BCUT2D eigenvalue weighted by atomic mass is 16.5. The maximum Gasteiger partial charge on any atom is 0.162 e. The van der Waals surface area contributed by atoms with Crippen LogP contribution in [0, 0.1) is 5.92 Å². The van der Waals surface area contributed by atoms with Crippen LogP contribution in [0.5, 0.6) is 11.5 Å². The highest BCUT2D eigenvalue weighted by molar-refractivity contribution is 5.93. The fraction of sp³-hybridized carbons (Fsp3) is 0.318. The van der Waals surface area contributed by atoms with E-state index in [0.29, 0.717) is 25.0 Å². The molecule has 1 N–H and O–H groups in total. The topological polar surface area (TPSA) is 47.6 Å². The van der Waals surface area contributed by atoms with Gasteiger partial charge in [0.25, 0.3) is 0 Å². The van der Waals surface area contributed by atoms with E-state index in [2.05, 4.69) is 35.7 Å². The van der Waals surface area contributed by atoms with Gasteiger partial charge in [0, 0.05) is 24.4 Å². The van der Waals surface area contributed by atoms with Crippen LogP contribution in [0.3, 0.4) is 0 Å². The summed E-state index contributed by atoms with van der Waals surface area (Å²) in [6.07, 6.45) is 4.48. The average molecular weight is 347 g/mol. The molecular formula is C22H21NO3. The van der Waals surface area contributed by atoms with E-state index in [1.807, 2.05) is 18.2 Å². The third kappa shape index (κ3) is 2.22. The molecule has 5 rings (SSSR count). The average Bonchev–Trinajstić information content (AvgIpc) is 3.34. The first kappa shape index (κ1) is 15.6. The lowest BCUT2D eigenvalue weighted by molar-refractivity contribution is -0.115. The summed E-state index contributed by atoms with van der Waals surface area (Å²) in [5.41, 5.74) is 3.58. The molecule has 1 spiro atoms. The van der Waals surface area contributed by atoms with Crippen LogP contribution in [-0.4, -0.2) is 18.9 Å². The third-order valence-electron chi connectivity index (χ3n) is 5.99. The molecule has 1 aliphatic heterocycles. The van der Waals surface area contributed by atoms with E-state index in [4.69, 9.17) is 9.47 Å². The molecule has 0 aromatic heterocycles. The molecule has 26 heavy (non-hydrogen) atoms. The lowest BCUT2D eigenvalue weighted by Crippen LogP contribution is -2.31. The Morgan fingerprint density at radius 1 is 1.19 bits per heavy atom. The van der Waals surface area contributed by atoms with Gasteiger partial charge in [-0.1, -0.05) is 36.4 Å². The summed E-state index contributed by atoms with van der Waals surface area (Å²) in [5.74, 6) is 2.11. The van der Waals surface area contributed by atoms with Gasteiger partial charge in [-0.25, -0.2) is 0 Å².